The molecular formula is C9H8N2O3. The number of fused-ring (bicyclic) bond motifs is 1. The first-order valence-electron chi connectivity index (χ1n) is 3.97. The summed E-state index contributed by atoms with van der Waals surface area (Å²) < 4.78 is 4.51. The number of carbonyl (C=O) groups excluding carboxylic acids is 1. The van der Waals surface area contributed by atoms with E-state index in [0.29, 0.717) is 5.52 Å². The molecule has 0 atom stereocenters. The molecule has 14 heavy (non-hydrogen) atoms. The summed E-state index contributed by atoms with van der Waals surface area (Å²) >= 11 is 0. The summed E-state index contributed by atoms with van der Waals surface area (Å²) in [5, 5.41) is 16.7. The normalized spacial score (nSPS) is 10.4. The number of methoxy groups -OCH3 is 1. The third-order valence-corrected chi connectivity index (χ3v) is 1.96. The number of carbonyl (C=O) groups is 1. The zero-order chi connectivity index (χ0) is 10.1. The van der Waals surface area contributed by atoms with Crippen molar-refractivity contribution in [3.05, 3.63) is 23.9 Å². The van der Waals surface area contributed by atoms with Crippen LogP contribution < -0.4 is 0 Å². The number of esters is 1. The van der Waals surface area contributed by atoms with Crippen molar-refractivity contribution >= 4 is 16.9 Å². The average molecular weight is 192 g/mol. The maximum absolute atomic E-state index is 11.2. The van der Waals surface area contributed by atoms with Crippen LogP contribution in [0.25, 0.3) is 10.9 Å². The Morgan fingerprint density at radius 3 is 3.07 bits per heavy atom. The number of hydrogen-bond donors (Lipinski definition) is 2. The maximum atomic E-state index is 11.2. The van der Waals surface area contributed by atoms with E-state index in [0.717, 1.165) is 5.39 Å². The van der Waals surface area contributed by atoms with Crippen LogP contribution in [0.3, 0.4) is 0 Å². The number of aromatic hydroxyl groups is 1. The molecule has 1 heterocycles. The molecule has 72 valence electrons. The number of benzene rings is 1. The Hall–Kier alpha value is -2.04. The number of H-pyrrole nitrogens is 1. The Bertz CT molecular complexity index is 490. The first-order valence-corrected chi connectivity index (χ1v) is 3.97. The van der Waals surface area contributed by atoms with Gasteiger partial charge in [-0.1, -0.05) is 0 Å². The second-order valence-corrected chi connectivity index (χ2v) is 2.82. The molecule has 0 unspecified atom stereocenters. The molecule has 5 nitrogen and oxygen atoms in total. The first-order chi connectivity index (χ1) is 6.72. The summed E-state index contributed by atoms with van der Waals surface area (Å²) in [5.41, 5.74) is 0.816. The van der Waals surface area contributed by atoms with E-state index in [9.17, 15) is 9.90 Å². The van der Waals surface area contributed by atoms with Gasteiger partial charge in [0.15, 0.2) is 0 Å². The SMILES string of the molecule is COC(=O)c1cc2cn[nH]c2cc1O. The number of rotatable bonds is 1. The summed E-state index contributed by atoms with van der Waals surface area (Å²) in [6.07, 6.45) is 1.57. The van der Waals surface area contributed by atoms with Gasteiger partial charge in [-0.05, 0) is 6.07 Å². The van der Waals surface area contributed by atoms with Crippen molar-refractivity contribution in [3.63, 3.8) is 0 Å². The number of ether oxygens (including phenoxy) is 1. The lowest BCUT2D eigenvalue weighted by Crippen LogP contribution is -2.01. The van der Waals surface area contributed by atoms with Gasteiger partial charge in [-0.2, -0.15) is 5.10 Å². The van der Waals surface area contributed by atoms with Gasteiger partial charge in [0.1, 0.15) is 11.3 Å². The van der Waals surface area contributed by atoms with Crippen LogP contribution in [0.5, 0.6) is 5.75 Å². The highest BCUT2D eigenvalue weighted by atomic mass is 16.5. The van der Waals surface area contributed by atoms with Crippen LogP contribution in [0, 0.1) is 0 Å². The fourth-order valence-corrected chi connectivity index (χ4v) is 1.25. The smallest absolute Gasteiger partial charge is 0.341 e. The average Bonchev–Trinajstić information content (AvgIpc) is 2.62. The number of nitrogens with one attached hydrogen (secondary N) is 1. The molecule has 0 saturated carbocycles. The van der Waals surface area contributed by atoms with Crippen molar-refractivity contribution in [3.8, 4) is 5.75 Å². The molecule has 2 aromatic rings. The van der Waals surface area contributed by atoms with E-state index < -0.39 is 5.97 Å². The Morgan fingerprint density at radius 2 is 2.36 bits per heavy atom. The quantitative estimate of drug-likeness (QED) is 0.662. The molecule has 0 amide bonds. The zero-order valence-corrected chi connectivity index (χ0v) is 7.44. The molecule has 0 spiro atoms. The zero-order valence-electron chi connectivity index (χ0n) is 7.44. The van der Waals surface area contributed by atoms with E-state index in [1.807, 2.05) is 0 Å². The fraction of sp³-hybridized carbons (Fsp3) is 0.111. The van der Waals surface area contributed by atoms with Gasteiger partial charge in [0.2, 0.25) is 0 Å². The molecule has 2 N–H and O–H groups in total. The van der Waals surface area contributed by atoms with Gasteiger partial charge in [-0.15, -0.1) is 0 Å². The summed E-state index contributed by atoms with van der Waals surface area (Å²) in [6.45, 7) is 0. The van der Waals surface area contributed by atoms with Crippen molar-refractivity contribution in [2.24, 2.45) is 0 Å². The van der Waals surface area contributed by atoms with Gasteiger partial charge < -0.3 is 9.84 Å². The topological polar surface area (TPSA) is 75.2 Å². The molecule has 1 aromatic heterocycles. The third-order valence-electron chi connectivity index (χ3n) is 1.96. The van der Waals surface area contributed by atoms with E-state index in [1.165, 1.54) is 19.2 Å². The van der Waals surface area contributed by atoms with Gasteiger partial charge >= 0.3 is 5.97 Å². The van der Waals surface area contributed by atoms with E-state index in [1.54, 1.807) is 6.20 Å². The summed E-state index contributed by atoms with van der Waals surface area (Å²) in [6, 6.07) is 2.97. The minimum atomic E-state index is -0.564. The lowest BCUT2D eigenvalue weighted by molar-refractivity contribution is 0.0597. The van der Waals surface area contributed by atoms with E-state index in [4.69, 9.17) is 0 Å². The highest BCUT2D eigenvalue weighted by Crippen LogP contribution is 2.23. The Kier molecular flexibility index (Phi) is 1.85. The van der Waals surface area contributed by atoms with Gasteiger partial charge in [0, 0.05) is 11.5 Å². The molecular weight excluding hydrogens is 184 g/mol. The molecule has 2 rings (SSSR count). The van der Waals surface area contributed by atoms with Crippen LogP contribution in [0.4, 0.5) is 0 Å². The van der Waals surface area contributed by atoms with Gasteiger partial charge in [0.05, 0.1) is 18.8 Å². The lowest BCUT2D eigenvalue weighted by Gasteiger charge is -2.01. The minimum absolute atomic E-state index is 0.117. The van der Waals surface area contributed by atoms with Crippen LogP contribution in [0.1, 0.15) is 10.4 Å². The van der Waals surface area contributed by atoms with Crippen LogP contribution in [0.2, 0.25) is 0 Å². The Labute approximate surface area is 79.3 Å². The van der Waals surface area contributed by atoms with Gasteiger partial charge in [0.25, 0.3) is 0 Å². The number of aromatic nitrogens is 2. The van der Waals surface area contributed by atoms with Gasteiger partial charge in [-0.25, -0.2) is 4.79 Å². The predicted molar refractivity (Wildman–Crippen MR) is 49.1 cm³/mol. The molecule has 1 aromatic carbocycles. The van der Waals surface area contributed by atoms with Crippen molar-refractivity contribution in [2.75, 3.05) is 7.11 Å². The monoisotopic (exact) mass is 192 g/mol. The maximum Gasteiger partial charge on any atom is 0.341 e. The molecule has 0 aliphatic rings. The third kappa shape index (κ3) is 1.19. The number of aromatic amines is 1. The largest absolute Gasteiger partial charge is 0.507 e. The van der Waals surface area contributed by atoms with Crippen molar-refractivity contribution in [2.45, 2.75) is 0 Å². The standard InChI is InChI=1S/C9H8N2O3/c1-14-9(13)6-2-5-4-10-11-7(5)3-8(6)12/h2-4,12H,1H3,(H,10,11). The molecule has 0 saturated heterocycles. The lowest BCUT2D eigenvalue weighted by atomic mass is 10.1. The molecule has 0 bridgehead atoms. The molecule has 0 radical (unpaired) electrons. The van der Waals surface area contributed by atoms with Gasteiger partial charge in [-0.3, -0.25) is 5.10 Å². The highest BCUT2D eigenvalue weighted by molar-refractivity contribution is 5.97. The second kappa shape index (κ2) is 3.02. The van der Waals surface area contributed by atoms with Crippen LogP contribution in [0.15, 0.2) is 18.3 Å². The summed E-state index contributed by atoms with van der Waals surface area (Å²) in [7, 11) is 1.27. The van der Waals surface area contributed by atoms with E-state index in [2.05, 4.69) is 14.9 Å². The molecule has 5 heteroatoms. The highest BCUT2D eigenvalue weighted by Gasteiger charge is 2.12. The van der Waals surface area contributed by atoms with Crippen molar-refractivity contribution in [1.29, 1.82) is 0 Å². The fourth-order valence-electron chi connectivity index (χ4n) is 1.25. The van der Waals surface area contributed by atoms with E-state index >= 15 is 0 Å². The number of hydrogen-bond acceptors (Lipinski definition) is 4. The first kappa shape index (κ1) is 8.55. The van der Waals surface area contributed by atoms with Crippen LogP contribution in [-0.2, 0) is 4.74 Å². The number of phenolic OH excluding ortho intramolecular Hbond substituents is 1. The Morgan fingerprint density at radius 1 is 1.57 bits per heavy atom. The van der Waals surface area contributed by atoms with Crippen molar-refractivity contribution in [1.82, 2.24) is 10.2 Å². The van der Waals surface area contributed by atoms with Crippen LogP contribution in [-0.4, -0.2) is 28.4 Å². The van der Waals surface area contributed by atoms with Crippen molar-refractivity contribution < 1.29 is 14.6 Å². The Balaban J connectivity index is 2.64. The number of nitrogens with zero attached hydrogens (tertiary/aromatic N) is 1. The molecule has 0 aliphatic heterocycles. The summed E-state index contributed by atoms with van der Waals surface area (Å²) in [5.74, 6) is -0.681. The number of phenols is 1. The molecule has 0 aliphatic carbocycles. The summed E-state index contributed by atoms with van der Waals surface area (Å²) in [4.78, 5) is 11.2. The predicted octanol–water partition coefficient (Wildman–Crippen LogP) is 1.06. The van der Waals surface area contributed by atoms with E-state index in [-0.39, 0.29) is 11.3 Å². The van der Waals surface area contributed by atoms with Crippen LogP contribution >= 0.6 is 0 Å². The second-order valence-electron chi connectivity index (χ2n) is 2.82. The molecule has 0 fully saturated rings. The minimum Gasteiger partial charge on any atom is -0.507 e.